The lowest BCUT2D eigenvalue weighted by Crippen LogP contribution is -1.96. The first kappa shape index (κ1) is 19.4. The fourth-order valence-corrected chi connectivity index (χ4v) is 4.10. The van der Waals surface area contributed by atoms with Gasteiger partial charge in [-0.3, -0.25) is 0 Å². The van der Waals surface area contributed by atoms with Crippen LogP contribution in [0.25, 0.3) is 22.2 Å². The van der Waals surface area contributed by atoms with Gasteiger partial charge in [-0.1, -0.05) is 23.7 Å². The number of nitrogens with two attached hydrogens (primary N) is 1. The summed E-state index contributed by atoms with van der Waals surface area (Å²) in [6.07, 6.45) is 3.20. The molecule has 0 unspecified atom stereocenters. The molecule has 0 bridgehead atoms. The van der Waals surface area contributed by atoms with Crippen molar-refractivity contribution in [3.63, 3.8) is 0 Å². The Morgan fingerprint density at radius 2 is 2.03 bits per heavy atom. The van der Waals surface area contributed by atoms with E-state index in [9.17, 15) is 0 Å². The maximum Gasteiger partial charge on any atom is 0.155 e. The normalized spacial score (nSPS) is 11.0. The van der Waals surface area contributed by atoms with E-state index in [1.54, 1.807) is 48.2 Å². The number of ether oxygens (including phenoxy) is 1. The van der Waals surface area contributed by atoms with Crippen molar-refractivity contribution < 1.29 is 9.13 Å². The molecule has 4 aromatic rings. The first-order chi connectivity index (χ1) is 14.0. The number of nitrogen functional groups attached to an aromatic ring is 1. The number of benzene rings is 2. The van der Waals surface area contributed by atoms with Gasteiger partial charge in [0.05, 0.1) is 23.2 Å². The van der Waals surface area contributed by atoms with E-state index in [4.69, 9.17) is 22.1 Å². The molecule has 2 aromatic carbocycles. The zero-order valence-electron chi connectivity index (χ0n) is 15.6. The quantitative estimate of drug-likeness (QED) is 0.428. The second-order valence-electron chi connectivity index (χ2n) is 6.28. The second-order valence-corrected chi connectivity index (χ2v) is 7.57. The Bertz CT molecular complexity index is 1210. The number of fused-ring (bicyclic) bond motifs is 1. The summed E-state index contributed by atoms with van der Waals surface area (Å²) in [6.45, 7) is 0. The molecule has 2 aromatic heterocycles. The maximum absolute atomic E-state index is 15.3. The predicted octanol–water partition coefficient (Wildman–Crippen LogP) is 5.14. The van der Waals surface area contributed by atoms with Crippen LogP contribution >= 0.6 is 23.5 Å². The number of nitrogens with zero attached hydrogens (tertiary/aromatic N) is 3. The Morgan fingerprint density at radius 3 is 2.79 bits per heavy atom. The number of rotatable bonds is 5. The van der Waals surface area contributed by atoms with E-state index in [2.05, 4.69) is 14.7 Å². The van der Waals surface area contributed by atoms with E-state index in [1.165, 1.54) is 18.3 Å². The molecule has 0 atom stereocenters. The number of hydrogen-bond donors (Lipinski definition) is 2. The minimum atomic E-state index is -0.393. The Hall–Kier alpha value is -2.97. The monoisotopic (exact) mass is 429 g/mol. The molecule has 0 amide bonds. The summed E-state index contributed by atoms with van der Waals surface area (Å²) in [5.74, 6) is 0.501. The van der Waals surface area contributed by atoms with Crippen LogP contribution in [0.2, 0.25) is 5.02 Å². The molecule has 0 aliphatic heterocycles. The van der Waals surface area contributed by atoms with Gasteiger partial charge in [0.25, 0.3) is 0 Å². The zero-order chi connectivity index (χ0) is 20.5. The highest BCUT2D eigenvalue weighted by Crippen LogP contribution is 2.37. The van der Waals surface area contributed by atoms with Crippen molar-refractivity contribution in [2.45, 2.75) is 4.90 Å². The highest BCUT2D eigenvalue weighted by molar-refractivity contribution is 8.00. The van der Waals surface area contributed by atoms with Crippen molar-refractivity contribution in [3.05, 3.63) is 59.8 Å². The van der Waals surface area contributed by atoms with Gasteiger partial charge in [0, 0.05) is 29.3 Å². The third-order valence-corrected chi connectivity index (χ3v) is 5.58. The Morgan fingerprint density at radius 1 is 1.21 bits per heavy atom. The summed E-state index contributed by atoms with van der Waals surface area (Å²) in [5, 5.41) is 1.11. The van der Waals surface area contributed by atoms with Crippen LogP contribution in [0, 0.1) is 5.82 Å². The van der Waals surface area contributed by atoms with Crippen LogP contribution < -0.4 is 15.2 Å². The lowest BCUT2D eigenvalue weighted by Gasteiger charge is -2.11. The second kappa shape index (κ2) is 7.81. The van der Waals surface area contributed by atoms with Gasteiger partial charge in [-0.15, -0.1) is 0 Å². The fourth-order valence-electron chi connectivity index (χ4n) is 3.08. The molecule has 0 saturated carbocycles. The van der Waals surface area contributed by atoms with E-state index >= 15 is 4.39 Å². The number of aryl methyl sites for hydroxylation is 1. The van der Waals surface area contributed by atoms with Gasteiger partial charge in [-0.25, -0.2) is 14.4 Å². The molecule has 0 aliphatic rings. The van der Waals surface area contributed by atoms with E-state index in [0.29, 0.717) is 44.4 Å². The van der Waals surface area contributed by atoms with Gasteiger partial charge in [-0.2, -0.15) is 0 Å². The Kier molecular flexibility index (Phi) is 5.21. The Balaban J connectivity index is 1.68. The molecule has 3 N–H and O–H groups in total. The van der Waals surface area contributed by atoms with E-state index in [1.807, 2.05) is 13.1 Å². The highest BCUT2D eigenvalue weighted by Gasteiger charge is 2.18. The summed E-state index contributed by atoms with van der Waals surface area (Å²) in [6, 6.07) is 10.5. The number of aromatic nitrogens is 3. The van der Waals surface area contributed by atoms with Gasteiger partial charge in [0.1, 0.15) is 23.5 Å². The smallest absolute Gasteiger partial charge is 0.155 e. The number of hydrogen-bond acceptors (Lipinski definition) is 6. The minimum Gasteiger partial charge on any atom is -0.495 e. The molecule has 6 nitrogen and oxygen atoms in total. The molecule has 148 valence electrons. The predicted molar refractivity (Wildman–Crippen MR) is 116 cm³/mol. The van der Waals surface area contributed by atoms with Crippen LogP contribution in [0.5, 0.6) is 5.75 Å². The minimum absolute atomic E-state index is 0.311. The van der Waals surface area contributed by atoms with Gasteiger partial charge in [0.2, 0.25) is 0 Å². The van der Waals surface area contributed by atoms with Crippen LogP contribution in [0.15, 0.2) is 53.8 Å². The van der Waals surface area contributed by atoms with Gasteiger partial charge in [-0.05, 0) is 36.2 Å². The molecular weight excluding hydrogens is 413 g/mol. The van der Waals surface area contributed by atoms with Crippen molar-refractivity contribution in [3.8, 4) is 16.9 Å². The van der Waals surface area contributed by atoms with Crippen molar-refractivity contribution >= 4 is 46.1 Å². The fraction of sp³-hybridized carbons (Fsp3) is 0.100. The third-order valence-electron chi connectivity index (χ3n) is 4.47. The van der Waals surface area contributed by atoms with Crippen LogP contribution in [0.3, 0.4) is 0 Å². The molecule has 0 fully saturated rings. The topological polar surface area (TPSA) is 78.0 Å². The summed E-state index contributed by atoms with van der Waals surface area (Å²) >= 11 is 7.41. The largest absolute Gasteiger partial charge is 0.495 e. The molecule has 0 radical (unpaired) electrons. The number of anilines is 2. The molecule has 0 saturated heterocycles. The molecule has 2 heterocycles. The summed E-state index contributed by atoms with van der Waals surface area (Å²) < 4.78 is 25.3. The standard InChI is InChI=1S/C20H17ClFN5OS/c1-27-9-13(17-19(23)24-10-25-20(17)27)12-4-3-5-15(18(12)22)26-29-11-6-7-16(28-2)14(21)8-11/h3-10,26H,1-2H3,(H2,23,24,25). The summed E-state index contributed by atoms with van der Waals surface area (Å²) in [7, 11) is 3.39. The van der Waals surface area contributed by atoms with E-state index < -0.39 is 5.82 Å². The van der Waals surface area contributed by atoms with E-state index in [-0.39, 0.29) is 0 Å². The molecule has 9 heteroatoms. The lowest BCUT2D eigenvalue weighted by atomic mass is 10.0. The number of nitrogens with one attached hydrogen (secondary N) is 1. The molecule has 4 rings (SSSR count). The molecule has 29 heavy (non-hydrogen) atoms. The average Bonchev–Trinajstić information content (AvgIpc) is 3.05. The third kappa shape index (κ3) is 3.56. The summed E-state index contributed by atoms with van der Waals surface area (Å²) in [4.78, 5) is 9.11. The van der Waals surface area contributed by atoms with Crippen molar-refractivity contribution in [2.75, 3.05) is 17.6 Å². The van der Waals surface area contributed by atoms with Crippen molar-refractivity contribution in [2.24, 2.45) is 7.05 Å². The van der Waals surface area contributed by atoms with Crippen LogP contribution in [0.1, 0.15) is 0 Å². The van der Waals surface area contributed by atoms with Crippen LogP contribution in [-0.4, -0.2) is 21.6 Å². The Labute approximate surface area is 176 Å². The van der Waals surface area contributed by atoms with E-state index in [0.717, 1.165) is 4.90 Å². The first-order valence-electron chi connectivity index (χ1n) is 8.60. The molecule has 0 spiro atoms. The van der Waals surface area contributed by atoms with Crippen LogP contribution in [0.4, 0.5) is 15.9 Å². The van der Waals surface area contributed by atoms with Gasteiger partial charge in [0.15, 0.2) is 5.82 Å². The highest BCUT2D eigenvalue weighted by atomic mass is 35.5. The molecule has 0 aliphatic carbocycles. The number of methoxy groups -OCH3 is 1. The first-order valence-corrected chi connectivity index (χ1v) is 9.80. The van der Waals surface area contributed by atoms with Gasteiger partial charge < -0.3 is 19.8 Å². The lowest BCUT2D eigenvalue weighted by molar-refractivity contribution is 0.414. The van der Waals surface area contributed by atoms with Crippen molar-refractivity contribution in [1.29, 1.82) is 0 Å². The zero-order valence-corrected chi connectivity index (χ0v) is 17.2. The molecular formula is C20H17ClFN5OS. The van der Waals surface area contributed by atoms with Crippen LogP contribution in [-0.2, 0) is 7.05 Å². The SMILES string of the molecule is COc1ccc(SNc2cccc(-c3cn(C)c4ncnc(N)c34)c2F)cc1Cl. The maximum atomic E-state index is 15.3. The summed E-state index contributed by atoms with van der Waals surface area (Å²) in [5.41, 5.74) is 8.08. The van der Waals surface area contributed by atoms with Crippen molar-refractivity contribution in [1.82, 2.24) is 14.5 Å². The number of halogens is 2. The average molecular weight is 430 g/mol. The van der Waals surface area contributed by atoms with Gasteiger partial charge >= 0.3 is 0 Å².